The van der Waals surface area contributed by atoms with Crippen LogP contribution in [0.5, 0.6) is 0 Å². The molecule has 1 saturated heterocycles. The average Bonchev–Trinajstić information content (AvgIpc) is 2.19. The first-order valence-corrected chi connectivity index (χ1v) is 5.30. The van der Waals surface area contributed by atoms with Crippen LogP contribution in [0.2, 0.25) is 5.02 Å². The van der Waals surface area contributed by atoms with Crippen molar-refractivity contribution in [3.8, 4) is 0 Å². The lowest BCUT2D eigenvalue weighted by atomic mass is 10.1. The molecule has 1 aliphatic rings. The van der Waals surface area contributed by atoms with Crippen molar-refractivity contribution in [3.05, 3.63) is 28.8 Å². The molecule has 1 aromatic carbocycles. The Morgan fingerprint density at radius 1 is 1.29 bits per heavy atom. The summed E-state index contributed by atoms with van der Waals surface area (Å²) in [5, 5.41) is 2.61. The average molecular weight is 253 g/mol. The Bertz CT molecular complexity index is 507. The largest absolute Gasteiger partial charge is 0.335 e. The Balaban J connectivity index is 2.42. The van der Waals surface area contributed by atoms with E-state index in [9.17, 15) is 14.4 Å². The molecule has 1 heterocycles. The predicted molar refractivity (Wildman–Crippen MR) is 61.8 cm³/mol. The number of amides is 4. The number of imide groups is 2. The number of rotatable bonds is 1. The molecule has 17 heavy (non-hydrogen) atoms. The predicted octanol–water partition coefficient (Wildman–Crippen LogP) is 1.62. The lowest BCUT2D eigenvalue weighted by Crippen LogP contribution is -2.53. The van der Waals surface area contributed by atoms with E-state index in [1.165, 1.54) is 0 Å². The van der Waals surface area contributed by atoms with Crippen LogP contribution in [0.1, 0.15) is 12.0 Å². The summed E-state index contributed by atoms with van der Waals surface area (Å²) < 4.78 is 0. The maximum atomic E-state index is 11.7. The normalized spacial score (nSPS) is 16.1. The molecule has 0 atom stereocenters. The summed E-state index contributed by atoms with van der Waals surface area (Å²) in [4.78, 5) is 35.2. The van der Waals surface area contributed by atoms with Gasteiger partial charge in [-0.05, 0) is 30.7 Å². The maximum absolute atomic E-state index is 11.7. The molecule has 0 unspecified atom stereocenters. The molecular weight excluding hydrogens is 244 g/mol. The molecular formula is C11H9ClN2O3. The van der Waals surface area contributed by atoms with Gasteiger partial charge in [-0.3, -0.25) is 14.9 Å². The van der Waals surface area contributed by atoms with E-state index in [1.807, 2.05) is 0 Å². The van der Waals surface area contributed by atoms with E-state index >= 15 is 0 Å². The number of hydrogen-bond donors (Lipinski definition) is 1. The van der Waals surface area contributed by atoms with Gasteiger partial charge < -0.3 is 0 Å². The van der Waals surface area contributed by atoms with Crippen LogP contribution in [-0.4, -0.2) is 17.8 Å². The van der Waals surface area contributed by atoms with Crippen LogP contribution < -0.4 is 10.2 Å². The van der Waals surface area contributed by atoms with Gasteiger partial charge in [0.05, 0.1) is 5.69 Å². The smallest absolute Gasteiger partial charge is 0.277 e. The van der Waals surface area contributed by atoms with Crippen molar-refractivity contribution in [1.29, 1.82) is 0 Å². The van der Waals surface area contributed by atoms with E-state index in [-0.39, 0.29) is 6.42 Å². The van der Waals surface area contributed by atoms with Crippen LogP contribution in [-0.2, 0) is 9.59 Å². The molecule has 0 bridgehead atoms. The minimum absolute atomic E-state index is 0.326. The fourth-order valence-electron chi connectivity index (χ4n) is 1.66. The molecule has 5 nitrogen and oxygen atoms in total. The second-order valence-electron chi connectivity index (χ2n) is 3.69. The first-order chi connectivity index (χ1) is 7.99. The van der Waals surface area contributed by atoms with Gasteiger partial charge in [0, 0.05) is 5.02 Å². The van der Waals surface area contributed by atoms with Crippen LogP contribution >= 0.6 is 11.6 Å². The number of hydrogen-bond acceptors (Lipinski definition) is 3. The Labute approximate surface area is 102 Å². The Morgan fingerprint density at radius 2 is 2.00 bits per heavy atom. The van der Waals surface area contributed by atoms with Crippen molar-refractivity contribution < 1.29 is 14.4 Å². The van der Waals surface area contributed by atoms with Crippen LogP contribution in [0.4, 0.5) is 10.5 Å². The maximum Gasteiger partial charge on any atom is 0.335 e. The van der Waals surface area contributed by atoms with Crippen molar-refractivity contribution in [1.82, 2.24) is 5.32 Å². The summed E-state index contributed by atoms with van der Waals surface area (Å²) >= 11 is 5.79. The molecule has 1 aromatic rings. The number of urea groups is 1. The summed E-state index contributed by atoms with van der Waals surface area (Å²) in [5.74, 6) is -1.12. The zero-order valence-corrected chi connectivity index (χ0v) is 9.75. The molecule has 6 heteroatoms. The number of nitrogens with one attached hydrogen (secondary N) is 1. The van der Waals surface area contributed by atoms with E-state index in [0.717, 1.165) is 4.90 Å². The first kappa shape index (κ1) is 11.6. The molecule has 4 amide bonds. The highest BCUT2D eigenvalue weighted by Crippen LogP contribution is 2.25. The Kier molecular flexibility index (Phi) is 2.85. The molecule has 0 saturated carbocycles. The third-order valence-electron chi connectivity index (χ3n) is 2.41. The van der Waals surface area contributed by atoms with E-state index in [1.54, 1.807) is 25.1 Å². The summed E-state index contributed by atoms with van der Waals surface area (Å²) in [6, 6.07) is 4.08. The summed E-state index contributed by atoms with van der Waals surface area (Å²) in [6.45, 7) is 1.73. The number of benzene rings is 1. The zero-order valence-electron chi connectivity index (χ0n) is 8.99. The number of anilines is 1. The van der Waals surface area contributed by atoms with Crippen molar-refractivity contribution in [3.63, 3.8) is 0 Å². The standard InChI is InChI=1S/C11H9ClN2O3/c1-6-4-7(12)2-3-8(6)14-10(16)5-9(15)13-11(14)17/h2-4H,5H2,1H3,(H,13,15,17). The number of barbiturate groups is 1. The van der Waals surface area contributed by atoms with Gasteiger partial charge in [-0.15, -0.1) is 0 Å². The minimum atomic E-state index is -0.725. The van der Waals surface area contributed by atoms with Gasteiger partial charge in [0.1, 0.15) is 6.42 Å². The van der Waals surface area contributed by atoms with Crippen LogP contribution in [0, 0.1) is 6.92 Å². The highest BCUT2D eigenvalue weighted by atomic mass is 35.5. The van der Waals surface area contributed by atoms with E-state index < -0.39 is 17.8 Å². The third kappa shape index (κ3) is 2.14. The van der Waals surface area contributed by atoms with Gasteiger partial charge >= 0.3 is 6.03 Å². The van der Waals surface area contributed by atoms with Crippen molar-refractivity contribution in [2.24, 2.45) is 0 Å². The van der Waals surface area contributed by atoms with E-state index in [0.29, 0.717) is 16.3 Å². The molecule has 1 fully saturated rings. The van der Waals surface area contributed by atoms with Crippen LogP contribution in [0.15, 0.2) is 18.2 Å². The number of carbonyl (C=O) groups is 3. The minimum Gasteiger partial charge on any atom is -0.277 e. The summed E-state index contributed by atoms with van der Waals surface area (Å²) in [6.07, 6.45) is -0.326. The SMILES string of the molecule is Cc1cc(Cl)ccc1N1C(=O)CC(=O)NC1=O. The molecule has 88 valence electrons. The summed E-state index contributed by atoms with van der Waals surface area (Å²) in [5.41, 5.74) is 1.12. The highest BCUT2D eigenvalue weighted by molar-refractivity contribution is 6.31. The number of aryl methyl sites for hydroxylation is 1. The van der Waals surface area contributed by atoms with Gasteiger partial charge in [0.2, 0.25) is 11.8 Å². The van der Waals surface area contributed by atoms with Gasteiger partial charge in [-0.2, -0.15) is 0 Å². The van der Waals surface area contributed by atoms with Crippen molar-refractivity contribution >= 4 is 35.1 Å². The fraction of sp³-hybridized carbons (Fsp3) is 0.182. The summed E-state index contributed by atoms with van der Waals surface area (Å²) in [7, 11) is 0. The Morgan fingerprint density at radius 3 is 2.59 bits per heavy atom. The number of carbonyl (C=O) groups excluding carboxylic acids is 3. The van der Waals surface area contributed by atoms with Crippen molar-refractivity contribution in [2.75, 3.05) is 4.90 Å². The highest BCUT2D eigenvalue weighted by Gasteiger charge is 2.32. The second-order valence-corrected chi connectivity index (χ2v) is 4.13. The molecule has 0 aliphatic carbocycles. The monoisotopic (exact) mass is 252 g/mol. The molecule has 1 aliphatic heterocycles. The number of nitrogens with zero attached hydrogens (tertiary/aromatic N) is 1. The first-order valence-electron chi connectivity index (χ1n) is 4.92. The topological polar surface area (TPSA) is 66.5 Å². The zero-order chi connectivity index (χ0) is 12.6. The van der Waals surface area contributed by atoms with Gasteiger partial charge in [0.15, 0.2) is 0 Å². The lowest BCUT2D eigenvalue weighted by Gasteiger charge is -2.26. The van der Waals surface area contributed by atoms with E-state index in [2.05, 4.69) is 5.32 Å². The quantitative estimate of drug-likeness (QED) is 0.773. The molecule has 2 rings (SSSR count). The lowest BCUT2D eigenvalue weighted by molar-refractivity contribution is -0.128. The molecule has 0 radical (unpaired) electrons. The Hall–Kier alpha value is -1.88. The van der Waals surface area contributed by atoms with Crippen LogP contribution in [0.3, 0.4) is 0 Å². The molecule has 1 N–H and O–H groups in total. The molecule has 0 aromatic heterocycles. The number of halogens is 1. The van der Waals surface area contributed by atoms with E-state index in [4.69, 9.17) is 11.6 Å². The van der Waals surface area contributed by atoms with Gasteiger partial charge in [-0.25, -0.2) is 9.69 Å². The molecule has 0 spiro atoms. The van der Waals surface area contributed by atoms with Crippen LogP contribution in [0.25, 0.3) is 0 Å². The fourth-order valence-corrected chi connectivity index (χ4v) is 1.89. The van der Waals surface area contributed by atoms with Crippen molar-refractivity contribution in [2.45, 2.75) is 13.3 Å². The van der Waals surface area contributed by atoms with Gasteiger partial charge in [-0.1, -0.05) is 11.6 Å². The third-order valence-corrected chi connectivity index (χ3v) is 2.65. The second kappa shape index (κ2) is 4.18. The van der Waals surface area contributed by atoms with Gasteiger partial charge in [0.25, 0.3) is 0 Å².